The van der Waals surface area contributed by atoms with Gasteiger partial charge in [0.25, 0.3) is 0 Å². The zero-order valence-corrected chi connectivity index (χ0v) is 11.5. The zero-order valence-electron chi connectivity index (χ0n) is 10.7. The number of nitrogens with two attached hydrogens (primary N) is 1. The summed E-state index contributed by atoms with van der Waals surface area (Å²) in [5.74, 6) is -0.239. The highest BCUT2D eigenvalue weighted by atomic mass is 32.2. The smallest absolute Gasteiger partial charge is 0.417 e. The van der Waals surface area contributed by atoms with Crippen molar-refractivity contribution in [2.24, 2.45) is 5.73 Å². The second kappa shape index (κ2) is 5.53. The van der Waals surface area contributed by atoms with Gasteiger partial charge in [0.2, 0.25) is 0 Å². The van der Waals surface area contributed by atoms with E-state index in [0.717, 1.165) is 18.2 Å². The van der Waals surface area contributed by atoms with Crippen LogP contribution in [0, 0.1) is 0 Å². The molecule has 0 saturated heterocycles. The fourth-order valence-corrected chi connectivity index (χ4v) is 3.34. The van der Waals surface area contributed by atoms with Crippen molar-refractivity contribution >= 4 is 9.84 Å². The second-order valence-corrected chi connectivity index (χ2v) is 6.28. The predicted molar refractivity (Wildman–Crippen MR) is 68.9 cm³/mol. The van der Waals surface area contributed by atoms with Gasteiger partial charge in [-0.3, -0.25) is 0 Å². The van der Waals surface area contributed by atoms with Crippen LogP contribution in [0.2, 0.25) is 0 Å². The van der Waals surface area contributed by atoms with Crippen molar-refractivity contribution in [2.75, 3.05) is 0 Å². The molecule has 0 aliphatic rings. The summed E-state index contributed by atoms with van der Waals surface area (Å²) in [6.07, 6.45) is -4.74. The van der Waals surface area contributed by atoms with Crippen molar-refractivity contribution in [1.82, 2.24) is 0 Å². The van der Waals surface area contributed by atoms with E-state index in [1.807, 2.05) is 0 Å². The quantitative estimate of drug-likeness (QED) is 0.940. The van der Waals surface area contributed by atoms with Crippen LogP contribution in [0.3, 0.4) is 0 Å². The van der Waals surface area contributed by atoms with Crippen molar-refractivity contribution in [3.8, 4) is 0 Å². The molecule has 1 aromatic heterocycles. The van der Waals surface area contributed by atoms with E-state index in [4.69, 9.17) is 10.2 Å². The molecular weight excluding hydrogens is 307 g/mol. The molecule has 2 rings (SSSR count). The van der Waals surface area contributed by atoms with Crippen LogP contribution in [0.4, 0.5) is 13.2 Å². The molecule has 21 heavy (non-hydrogen) atoms. The number of halogens is 3. The molecule has 2 aromatic rings. The van der Waals surface area contributed by atoms with Gasteiger partial charge in [-0.1, -0.05) is 12.1 Å². The lowest BCUT2D eigenvalue weighted by molar-refractivity contribution is -0.139. The molecule has 4 nitrogen and oxygen atoms in total. The molecule has 1 heterocycles. The Morgan fingerprint density at radius 3 is 2.24 bits per heavy atom. The highest BCUT2D eigenvalue weighted by Gasteiger charge is 2.37. The first kappa shape index (κ1) is 15.6. The van der Waals surface area contributed by atoms with E-state index in [1.54, 1.807) is 0 Å². The van der Waals surface area contributed by atoms with Crippen LogP contribution in [-0.2, 0) is 28.3 Å². The molecule has 114 valence electrons. The maximum atomic E-state index is 12.9. The fraction of sp³-hybridized carbons (Fsp3) is 0.231. The van der Waals surface area contributed by atoms with E-state index in [-0.39, 0.29) is 12.3 Å². The molecule has 0 radical (unpaired) electrons. The maximum absolute atomic E-state index is 12.9. The van der Waals surface area contributed by atoms with Crippen LogP contribution >= 0.6 is 0 Å². The van der Waals surface area contributed by atoms with Gasteiger partial charge in [0.05, 0.1) is 17.0 Å². The Bertz CT molecular complexity index is 735. The molecule has 0 aliphatic heterocycles. The van der Waals surface area contributed by atoms with Crippen LogP contribution in [0.15, 0.2) is 45.7 Å². The Labute approximate surface area is 119 Å². The third-order valence-electron chi connectivity index (χ3n) is 2.78. The van der Waals surface area contributed by atoms with Gasteiger partial charge in [-0.2, -0.15) is 13.2 Å². The minimum Gasteiger partial charge on any atom is -0.464 e. The highest BCUT2D eigenvalue weighted by Crippen LogP contribution is 2.35. The molecule has 0 fully saturated rings. The first-order valence-electron chi connectivity index (χ1n) is 5.90. The van der Waals surface area contributed by atoms with Crippen LogP contribution in [0.25, 0.3) is 0 Å². The van der Waals surface area contributed by atoms with E-state index in [2.05, 4.69) is 0 Å². The van der Waals surface area contributed by atoms with Crippen LogP contribution < -0.4 is 5.73 Å². The van der Waals surface area contributed by atoms with Crippen LogP contribution in [-0.4, -0.2) is 8.42 Å². The van der Waals surface area contributed by atoms with E-state index in [1.165, 1.54) is 18.2 Å². The summed E-state index contributed by atoms with van der Waals surface area (Å²) in [6.45, 7) is 0.0825. The molecule has 0 amide bonds. The third-order valence-corrected chi connectivity index (χ3v) is 4.47. The number of hydrogen-bond acceptors (Lipinski definition) is 4. The molecule has 0 saturated carbocycles. The van der Waals surface area contributed by atoms with Gasteiger partial charge in [0, 0.05) is 0 Å². The Hall–Kier alpha value is -1.80. The topological polar surface area (TPSA) is 73.3 Å². The first-order valence-corrected chi connectivity index (χ1v) is 7.56. The van der Waals surface area contributed by atoms with E-state index < -0.39 is 32.2 Å². The fourth-order valence-electron chi connectivity index (χ4n) is 1.85. The molecule has 0 atom stereocenters. The number of sulfone groups is 1. The Balaban J connectivity index is 2.40. The van der Waals surface area contributed by atoms with Crippen molar-refractivity contribution in [3.05, 3.63) is 53.5 Å². The van der Waals surface area contributed by atoms with Crippen LogP contribution in [0.1, 0.15) is 17.1 Å². The number of benzene rings is 1. The summed E-state index contributed by atoms with van der Waals surface area (Å²) in [5, 5.41) is 0. The minimum atomic E-state index is -4.74. The normalized spacial score (nSPS) is 12.6. The average molecular weight is 319 g/mol. The summed E-state index contributed by atoms with van der Waals surface area (Å²) in [4.78, 5) is -0.761. The lowest BCUT2D eigenvalue weighted by Gasteiger charge is -2.12. The summed E-state index contributed by atoms with van der Waals surface area (Å²) in [7, 11) is -4.18. The number of furan rings is 1. The van der Waals surface area contributed by atoms with Crippen molar-refractivity contribution in [1.29, 1.82) is 0 Å². The Morgan fingerprint density at radius 2 is 1.67 bits per heavy atom. The molecule has 8 heteroatoms. The van der Waals surface area contributed by atoms with Crippen molar-refractivity contribution in [3.63, 3.8) is 0 Å². The molecule has 1 aromatic carbocycles. The van der Waals surface area contributed by atoms with Gasteiger partial charge in [-0.25, -0.2) is 8.42 Å². The van der Waals surface area contributed by atoms with Crippen LogP contribution in [0.5, 0.6) is 0 Å². The molecule has 0 spiro atoms. The Kier molecular flexibility index (Phi) is 4.11. The highest BCUT2D eigenvalue weighted by molar-refractivity contribution is 7.90. The number of alkyl halides is 3. The molecule has 0 bridgehead atoms. The predicted octanol–water partition coefficient (Wildman–Crippen LogP) is 2.73. The molecule has 0 aliphatic carbocycles. The summed E-state index contributed by atoms with van der Waals surface area (Å²) in [6, 6.07) is 6.93. The Morgan fingerprint density at radius 1 is 1.05 bits per heavy atom. The minimum absolute atomic E-state index is 0.0485. The molecule has 2 N–H and O–H groups in total. The summed E-state index contributed by atoms with van der Waals surface area (Å²) >= 11 is 0. The lowest BCUT2D eigenvalue weighted by atomic mass is 10.2. The van der Waals surface area contributed by atoms with E-state index in [9.17, 15) is 21.6 Å². The number of hydrogen-bond donors (Lipinski definition) is 1. The van der Waals surface area contributed by atoms with Crippen molar-refractivity contribution in [2.45, 2.75) is 23.4 Å². The average Bonchev–Trinajstić information content (AvgIpc) is 2.85. The van der Waals surface area contributed by atoms with Crippen molar-refractivity contribution < 1.29 is 26.0 Å². The van der Waals surface area contributed by atoms with Gasteiger partial charge < -0.3 is 10.2 Å². The van der Waals surface area contributed by atoms with Gasteiger partial charge >= 0.3 is 6.18 Å². The number of rotatable bonds is 4. The first-order chi connectivity index (χ1) is 9.74. The largest absolute Gasteiger partial charge is 0.464 e. The van der Waals surface area contributed by atoms with E-state index in [0.29, 0.717) is 5.76 Å². The van der Waals surface area contributed by atoms with Gasteiger partial charge in [-0.05, 0) is 24.3 Å². The van der Waals surface area contributed by atoms with Gasteiger partial charge in [0.15, 0.2) is 9.84 Å². The molecular formula is C13H12F3NO3S. The summed E-state index contributed by atoms with van der Waals surface area (Å²) < 4.78 is 68.1. The second-order valence-electron chi connectivity index (χ2n) is 4.33. The lowest BCUT2D eigenvalue weighted by Crippen LogP contribution is -2.14. The van der Waals surface area contributed by atoms with Gasteiger partial charge in [-0.15, -0.1) is 0 Å². The maximum Gasteiger partial charge on any atom is 0.417 e. The standard InChI is InChI=1S/C13H12F3NO3S/c14-13(15,16)11-3-1-2-4-12(11)21(18,19)8-10-6-5-9(7-17)20-10/h1-6H,7-8,17H2. The SMILES string of the molecule is NCc1ccc(CS(=O)(=O)c2ccccc2C(F)(F)F)o1. The summed E-state index contributed by atoms with van der Waals surface area (Å²) in [5.41, 5.74) is 4.14. The molecule has 0 unspecified atom stereocenters. The van der Waals surface area contributed by atoms with Gasteiger partial charge in [0.1, 0.15) is 17.3 Å². The zero-order chi connectivity index (χ0) is 15.7. The third kappa shape index (κ3) is 3.45. The monoisotopic (exact) mass is 319 g/mol. The van der Waals surface area contributed by atoms with E-state index >= 15 is 0 Å².